The summed E-state index contributed by atoms with van der Waals surface area (Å²) in [5.74, 6) is 0.0648. The first kappa shape index (κ1) is 9.71. The van der Waals surface area contributed by atoms with Crippen molar-refractivity contribution in [2.45, 2.75) is 31.2 Å². The minimum absolute atomic E-state index is 0.0648. The molecule has 0 bridgehead atoms. The van der Waals surface area contributed by atoms with E-state index in [0.29, 0.717) is 5.69 Å². The van der Waals surface area contributed by atoms with Gasteiger partial charge in [0.2, 0.25) is 0 Å². The molecule has 1 heterocycles. The molecule has 14 heavy (non-hydrogen) atoms. The predicted molar refractivity (Wildman–Crippen MR) is 58.0 cm³/mol. The summed E-state index contributed by atoms with van der Waals surface area (Å²) in [5.41, 5.74) is 3.31. The van der Waals surface area contributed by atoms with Gasteiger partial charge >= 0.3 is 0 Å². The number of rotatable bonds is 2. The molecule has 0 N–H and O–H groups in total. The summed E-state index contributed by atoms with van der Waals surface area (Å²) in [4.78, 5) is 15.6. The third-order valence-corrected chi connectivity index (χ3v) is 3.33. The number of pyridine rings is 1. The second-order valence-corrected chi connectivity index (χ2v) is 4.36. The molecule has 0 amide bonds. The van der Waals surface area contributed by atoms with Crippen molar-refractivity contribution >= 4 is 17.5 Å². The summed E-state index contributed by atoms with van der Waals surface area (Å²) >= 11 is 1.64. The molecular formula is C11H13NOS. The van der Waals surface area contributed by atoms with E-state index in [2.05, 4.69) is 4.98 Å². The lowest BCUT2D eigenvalue weighted by molar-refractivity contribution is 0.101. The highest BCUT2D eigenvalue weighted by Crippen LogP contribution is 2.29. The van der Waals surface area contributed by atoms with E-state index >= 15 is 0 Å². The first-order chi connectivity index (χ1) is 6.72. The normalized spacial score (nSPS) is 14.1. The van der Waals surface area contributed by atoms with Crippen LogP contribution in [0.3, 0.4) is 0 Å². The Hall–Kier alpha value is -0.830. The van der Waals surface area contributed by atoms with Crippen molar-refractivity contribution in [3.63, 3.8) is 0 Å². The van der Waals surface area contributed by atoms with Gasteiger partial charge < -0.3 is 0 Å². The number of Topliss-reactive ketones (excluding diaryl/α,β-unsaturated/α-hetero) is 1. The van der Waals surface area contributed by atoms with E-state index in [1.165, 1.54) is 17.5 Å². The summed E-state index contributed by atoms with van der Waals surface area (Å²) in [6, 6.07) is 1.96. The number of carbonyl (C=O) groups excluding carboxylic acids is 1. The Morgan fingerprint density at radius 3 is 2.93 bits per heavy atom. The number of ketones is 1. The highest BCUT2D eigenvalue weighted by atomic mass is 32.2. The zero-order chi connectivity index (χ0) is 10.1. The van der Waals surface area contributed by atoms with E-state index in [4.69, 9.17) is 0 Å². The molecule has 0 atom stereocenters. The third-order valence-electron chi connectivity index (χ3n) is 2.61. The van der Waals surface area contributed by atoms with Gasteiger partial charge in [-0.15, -0.1) is 11.8 Å². The zero-order valence-corrected chi connectivity index (χ0v) is 9.28. The van der Waals surface area contributed by atoms with E-state index in [-0.39, 0.29) is 5.78 Å². The fourth-order valence-electron chi connectivity index (χ4n) is 1.89. The van der Waals surface area contributed by atoms with Gasteiger partial charge in [-0.2, -0.15) is 0 Å². The van der Waals surface area contributed by atoms with Gasteiger partial charge in [0.15, 0.2) is 5.78 Å². The third kappa shape index (κ3) is 1.57. The summed E-state index contributed by atoms with van der Waals surface area (Å²) in [5, 5.41) is 1.05. The van der Waals surface area contributed by atoms with E-state index < -0.39 is 0 Å². The number of hydrogen-bond acceptors (Lipinski definition) is 3. The maximum Gasteiger partial charge on any atom is 0.178 e. The minimum atomic E-state index is 0.0648. The minimum Gasteiger partial charge on any atom is -0.293 e. The SMILES string of the molecule is CSc1nc(C(C)=O)cc2c1CCC2. The van der Waals surface area contributed by atoms with Crippen LogP contribution in [-0.2, 0) is 12.8 Å². The van der Waals surface area contributed by atoms with Gasteiger partial charge in [-0.05, 0) is 42.7 Å². The first-order valence-electron chi connectivity index (χ1n) is 4.80. The summed E-state index contributed by atoms with van der Waals surface area (Å²) in [6.45, 7) is 1.58. The predicted octanol–water partition coefficient (Wildman–Crippen LogP) is 2.49. The zero-order valence-electron chi connectivity index (χ0n) is 8.46. The van der Waals surface area contributed by atoms with Crippen molar-refractivity contribution in [2.24, 2.45) is 0 Å². The molecule has 3 heteroatoms. The maximum absolute atomic E-state index is 11.2. The fourth-order valence-corrected chi connectivity index (χ4v) is 2.56. The number of aryl methyl sites for hydroxylation is 1. The van der Waals surface area contributed by atoms with Crippen LogP contribution in [0.1, 0.15) is 35.0 Å². The molecule has 0 radical (unpaired) electrons. The Bertz CT molecular complexity index is 387. The van der Waals surface area contributed by atoms with Crippen LogP contribution >= 0.6 is 11.8 Å². The summed E-state index contributed by atoms with van der Waals surface area (Å²) < 4.78 is 0. The summed E-state index contributed by atoms with van der Waals surface area (Å²) in [7, 11) is 0. The Labute approximate surface area is 88.1 Å². The van der Waals surface area contributed by atoms with Crippen molar-refractivity contribution in [1.82, 2.24) is 4.98 Å². The molecule has 1 aromatic rings. The second-order valence-electron chi connectivity index (χ2n) is 3.56. The van der Waals surface area contributed by atoms with Gasteiger partial charge in [-0.25, -0.2) is 4.98 Å². The molecule has 0 saturated heterocycles. The number of hydrogen-bond donors (Lipinski definition) is 0. The molecule has 2 nitrogen and oxygen atoms in total. The van der Waals surface area contributed by atoms with E-state index in [1.54, 1.807) is 18.7 Å². The van der Waals surface area contributed by atoms with Gasteiger partial charge in [0.05, 0.1) is 0 Å². The van der Waals surface area contributed by atoms with Crippen LogP contribution in [-0.4, -0.2) is 17.0 Å². The quantitative estimate of drug-likeness (QED) is 0.551. The van der Waals surface area contributed by atoms with Gasteiger partial charge in [0.25, 0.3) is 0 Å². The molecule has 0 saturated carbocycles. The largest absolute Gasteiger partial charge is 0.293 e. The van der Waals surface area contributed by atoms with Crippen LogP contribution in [0.5, 0.6) is 0 Å². The molecular weight excluding hydrogens is 194 g/mol. The lowest BCUT2D eigenvalue weighted by Gasteiger charge is -2.06. The van der Waals surface area contributed by atoms with Gasteiger partial charge in [-0.3, -0.25) is 4.79 Å². The van der Waals surface area contributed by atoms with Crippen LogP contribution in [0.15, 0.2) is 11.1 Å². The molecule has 0 fully saturated rings. The Balaban J connectivity index is 2.54. The second kappa shape index (κ2) is 3.73. The Morgan fingerprint density at radius 1 is 1.50 bits per heavy atom. The topological polar surface area (TPSA) is 30.0 Å². The van der Waals surface area contributed by atoms with Crippen LogP contribution in [0.25, 0.3) is 0 Å². The average molecular weight is 207 g/mol. The highest BCUT2D eigenvalue weighted by Gasteiger charge is 2.18. The van der Waals surface area contributed by atoms with Crippen molar-refractivity contribution in [3.05, 3.63) is 22.9 Å². The smallest absolute Gasteiger partial charge is 0.178 e. The van der Waals surface area contributed by atoms with Crippen LogP contribution in [0.2, 0.25) is 0 Å². The monoisotopic (exact) mass is 207 g/mol. The molecule has 1 aromatic heterocycles. The van der Waals surface area contributed by atoms with Gasteiger partial charge in [0.1, 0.15) is 10.7 Å². The Morgan fingerprint density at radius 2 is 2.29 bits per heavy atom. The molecule has 1 aliphatic carbocycles. The highest BCUT2D eigenvalue weighted by molar-refractivity contribution is 7.98. The molecule has 0 spiro atoms. The van der Waals surface area contributed by atoms with Gasteiger partial charge in [0, 0.05) is 6.92 Å². The van der Waals surface area contributed by atoms with E-state index in [0.717, 1.165) is 17.9 Å². The molecule has 2 rings (SSSR count). The average Bonchev–Trinajstić information content (AvgIpc) is 2.63. The van der Waals surface area contributed by atoms with Crippen molar-refractivity contribution < 1.29 is 4.79 Å². The van der Waals surface area contributed by atoms with Crippen LogP contribution < -0.4 is 0 Å². The Kier molecular flexibility index (Phi) is 2.59. The first-order valence-corrected chi connectivity index (χ1v) is 6.02. The van der Waals surface area contributed by atoms with Crippen molar-refractivity contribution in [3.8, 4) is 0 Å². The maximum atomic E-state index is 11.2. The number of nitrogens with zero attached hydrogens (tertiary/aromatic N) is 1. The van der Waals surface area contributed by atoms with E-state index in [1.807, 2.05) is 12.3 Å². The van der Waals surface area contributed by atoms with Gasteiger partial charge in [-0.1, -0.05) is 0 Å². The molecule has 74 valence electrons. The molecule has 0 unspecified atom stereocenters. The molecule has 0 aliphatic heterocycles. The lowest BCUT2D eigenvalue weighted by Crippen LogP contribution is -2.01. The van der Waals surface area contributed by atoms with E-state index in [9.17, 15) is 4.79 Å². The lowest BCUT2D eigenvalue weighted by atomic mass is 10.1. The van der Waals surface area contributed by atoms with Crippen LogP contribution in [0, 0.1) is 0 Å². The standard InChI is InChI=1S/C11H13NOS/c1-7(13)10-6-8-4-3-5-9(8)11(12-10)14-2/h6H,3-5H2,1-2H3. The van der Waals surface area contributed by atoms with Crippen molar-refractivity contribution in [1.29, 1.82) is 0 Å². The molecule has 0 aromatic carbocycles. The molecule has 1 aliphatic rings. The van der Waals surface area contributed by atoms with Crippen LogP contribution in [0.4, 0.5) is 0 Å². The number of fused-ring (bicyclic) bond motifs is 1. The number of aromatic nitrogens is 1. The number of thioether (sulfide) groups is 1. The fraction of sp³-hybridized carbons (Fsp3) is 0.455. The van der Waals surface area contributed by atoms with Crippen molar-refractivity contribution in [2.75, 3.05) is 6.26 Å². The summed E-state index contributed by atoms with van der Waals surface area (Å²) in [6.07, 6.45) is 5.44. The number of carbonyl (C=O) groups is 1.